The standard InChI is InChI=1S/C12H13ClN2O3S/c13-12-7-9-1-2-10(8-11(9)14-12)19(16,17)15-3-5-18-6-4-15/h1-2,8H,3-7H2. The minimum Gasteiger partial charge on any atom is -0.379 e. The molecule has 19 heavy (non-hydrogen) atoms. The number of ether oxygens (including phenoxy) is 1. The fraction of sp³-hybridized carbons (Fsp3) is 0.417. The number of hydrogen-bond acceptors (Lipinski definition) is 4. The van der Waals surface area contributed by atoms with E-state index in [1.165, 1.54) is 4.31 Å². The zero-order valence-corrected chi connectivity index (χ0v) is 11.7. The molecule has 0 saturated carbocycles. The lowest BCUT2D eigenvalue weighted by atomic mass is 10.2. The van der Waals surface area contributed by atoms with Crippen molar-refractivity contribution in [2.45, 2.75) is 11.3 Å². The second-order valence-corrected chi connectivity index (χ2v) is 6.85. The predicted octanol–water partition coefficient (Wildman–Crippen LogP) is 1.53. The number of aliphatic imine (C=N–C) groups is 1. The normalized spacial score (nSPS) is 20.2. The highest BCUT2D eigenvalue weighted by Gasteiger charge is 2.27. The molecule has 0 N–H and O–H groups in total. The Morgan fingerprint density at radius 1 is 1.26 bits per heavy atom. The summed E-state index contributed by atoms with van der Waals surface area (Å²) < 4.78 is 31.5. The molecule has 1 aromatic rings. The van der Waals surface area contributed by atoms with E-state index in [0.29, 0.717) is 43.6 Å². The molecule has 0 aromatic heterocycles. The van der Waals surface area contributed by atoms with Gasteiger partial charge in [-0.2, -0.15) is 4.31 Å². The van der Waals surface area contributed by atoms with Gasteiger partial charge in [0.15, 0.2) is 0 Å². The van der Waals surface area contributed by atoms with E-state index in [-0.39, 0.29) is 4.90 Å². The van der Waals surface area contributed by atoms with E-state index in [4.69, 9.17) is 16.3 Å². The van der Waals surface area contributed by atoms with Gasteiger partial charge in [-0.1, -0.05) is 17.7 Å². The van der Waals surface area contributed by atoms with Crippen LogP contribution in [-0.4, -0.2) is 44.2 Å². The van der Waals surface area contributed by atoms with Gasteiger partial charge in [0.2, 0.25) is 10.0 Å². The van der Waals surface area contributed by atoms with Crippen LogP contribution in [0.4, 0.5) is 5.69 Å². The minimum absolute atomic E-state index is 0.267. The van der Waals surface area contributed by atoms with Crippen molar-refractivity contribution in [3.63, 3.8) is 0 Å². The summed E-state index contributed by atoms with van der Waals surface area (Å²) in [4.78, 5) is 4.41. The summed E-state index contributed by atoms with van der Waals surface area (Å²) in [5.74, 6) is 0. The number of fused-ring (bicyclic) bond motifs is 1. The minimum atomic E-state index is -3.46. The second kappa shape index (κ2) is 4.86. The number of halogens is 1. The summed E-state index contributed by atoms with van der Waals surface area (Å²) in [6.45, 7) is 1.66. The first-order valence-electron chi connectivity index (χ1n) is 6.01. The van der Waals surface area contributed by atoms with Crippen molar-refractivity contribution < 1.29 is 13.2 Å². The summed E-state index contributed by atoms with van der Waals surface area (Å²) in [7, 11) is -3.46. The van der Waals surface area contributed by atoms with Crippen molar-refractivity contribution in [2.75, 3.05) is 26.3 Å². The maximum absolute atomic E-state index is 12.5. The molecule has 0 aliphatic carbocycles. The van der Waals surface area contributed by atoms with Crippen molar-refractivity contribution in [1.29, 1.82) is 0 Å². The van der Waals surface area contributed by atoms with Gasteiger partial charge >= 0.3 is 0 Å². The van der Waals surface area contributed by atoms with E-state index in [1.54, 1.807) is 18.2 Å². The first-order valence-corrected chi connectivity index (χ1v) is 7.83. The van der Waals surface area contributed by atoms with E-state index in [0.717, 1.165) is 5.56 Å². The van der Waals surface area contributed by atoms with Gasteiger partial charge in [-0.3, -0.25) is 0 Å². The number of morpholine rings is 1. The Hall–Kier alpha value is -0.950. The van der Waals surface area contributed by atoms with Crippen LogP contribution in [-0.2, 0) is 21.2 Å². The Kier molecular flexibility index (Phi) is 3.34. The van der Waals surface area contributed by atoms with Crippen LogP contribution >= 0.6 is 11.6 Å². The highest BCUT2D eigenvalue weighted by molar-refractivity contribution is 7.89. The Labute approximate surface area is 116 Å². The molecule has 1 saturated heterocycles. The number of nitrogens with zero attached hydrogens (tertiary/aromatic N) is 2. The van der Waals surface area contributed by atoms with Crippen LogP contribution in [0.25, 0.3) is 0 Å². The maximum Gasteiger partial charge on any atom is 0.243 e. The predicted molar refractivity (Wildman–Crippen MR) is 72.7 cm³/mol. The van der Waals surface area contributed by atoms with E-state index in [2.05, 4.69) is 4.99 Å². The molecule has 0 amide bonds. The molecule has 0 radical (unpaired) electrons. The number of sulfonamides is 1. The number of benzene rings is 1. The number of hydrogen-bond donors (Lipinski definition) is 0. The van der Waals surface area contributed by atoms with Gasteiger partial charge in [-0.25, -0.2) is 13.4 Å². The van der Waals surface area contributed by atoms with Crippen LogP contribution in [0.5, 0.6) is 0 Å². The molecule has 7 heteroatoms. The molecule has 2 aliphatic rings. The third-order valence-corrected chi connectivity index (χ3v) is 5.36. The molecule has 0 spiro atoms. The molecule has 5 nitrogen and oxygen atoms in total. The highest BCUT2D eigenvalue weighted by atomic mass is 35.5. The topological polar surface area (TPSA) is 59.0 Å². The van der Waals surface area contributed by atoms with Gasteiger partial charge in [-0.05, 0) is 17.7 Å². The molecule has 1 fully saturated rings. The zero-order chi connectivity index (χ0) is 13.5. The van der Waals surface area contributed by atoms with E-state index < -0.39 is 10.0 Å². The van der Waals surface area contributed by atoms with Crippen molar-refractivity contribution in [3.8, 4) is 0 Å². The molecule has 0 atom stereocenters. The highest BCUT2D eigenvalue weighted by Crippen LogP contribution is 2.31. The van der Waals surface area contributed by atoms with Crippen molar-refractivity contribution in [2.24, 2.45) is 4.99 Å². The third kappa shape index (κ3) is 2.41. The maximum atomic E-state index is 12.5. The first-order chi connectivity index (χ1) is 9.07. The summed E-state index contributed by atoms with van der Waals surface area (Å²) in [6.07, 6.45) is 0.578. The van der Waals surface area contributed by atoms with Gasteiger partial charge in [0.05, 0.1) is 23.8 Å². The first kappa shape index (κ1) is 13.1. The van der Waals surface area contributed by atoms with Crippen molar-refractivity contribution >= 4 is 32.5 Å². The van der Waals surface area contributed by atoms with E-state index in [9.17, 15) is 8.42 Å². The fourth-order valence-electron chi connectivity index (χ4n) is 2.22. The lowest BCUT2D eigenvalue weighted by molar-refractivity contribution is 0.0730. The average molecular weight is 301 g/mol. The molecule has 2 heterocycles. The average Bonchev–Trinajstić information content (AvgIpc) is 2.78. The summed E-state index contributed by atoms with van der Waals surface area (Å²) in [5, 5.41) is 0.496. The van der Waals surface area contributed by atoms with Crippen LogP contribution in [0.1, 0.15) is 5.56 Å². The summed E-state index contributed by atoms with van der Waals surface area (Å²) in [5.41, 5.74) is 1.62. The Balaban J connectivity index is 1.95. The SMILES string of the molecule is O=S(=O)(c1ccc2c(c1)N=C(Cl)C2)N1CCOCC1. The molecule has 0 unspecified atom stereocenters. The van der Waals surface area contributed by atoms with Crippen LogP contribution < -0.4 is 0 Å². The lowest BCUT2D eigenvalue weighted by Gasteiger charge is -2.26. The van der Waals surface area contributed by atoms with Gasteiger partial charge in [0.1, 0.15) is 5.17 Å². The number of rotatable bonds is 2. The molecular formula is C12H13ClN2O3S. The van der Waals surface area contributed by atoms with Crippen LogP contribution in [0.15, 0.2) is 28.1 Å². The van der Waals surface area contributed by atoms with E-state index in [1.807, 2.05) is 0 Å². The largest absolute Gasteiger partial charge is 0.379 e. The molecule has 2 aliphatic heterocycles. The Morgan fingerprint density at radius 3 is 2.74 bits per heavy atom. The Morgan fingerprint density at radius 2 is 2.00 bits per heavy atom. The monoisotopic (exact) mass is 300 g/mol. The zero-order valence-electron chi connectivity index (χ0n) is 10.2. The third-order valence-electron chi connectivity index (χ3n) is 3.24. The van der Waals surface area contributed by atoms with Crippen LogP contribution in [0, 0.1) is 0 Å². The fourth-order valence-corrected chi connectivity index (χ4v) is 3.88. The summed E-state index contributed by atoms with van der Waals surface area (Å²) in [6, 6.07) is 4.99. The van der Waals surface area contributed by atoms with E-state index >= 15 is 0 Å². The van der Waals surface area contributed by atoms with Crippen LogP contribution in [0.3, 0.4) is 0 Å². The summed E-state index contributed by atoms with van der Waals surface area (Å²) >= 11 is 5.87. The Bertz CT molecular complexity index is 636. The van der Waals surface area contributed by atoms with Crippen molar-refractivity contribution in [1.82, 2.24) is 4.31 Å². The smallest absolute Gasteiger partial charge is 0.243 e. The van der Waals surface area contributed by atoms with Crippen molar-refractivity contribution in [3.05, 3.63) is 23.8 Å². The second-order valence-electron chi connectivity index (χ2n) is 4.47. The molecule has 102 valence electrons. The lowest BCUT2D eigenvalue weighted by Crippen LogP contribution is -2.40. The molecule has 3 rings (SSSR count). The molecule has 1 aromatic carbocycles. The molecular weight excluding hydrogens is 288 g/mol. The molecule has 0 bridgehead atoms. The van der Waals surface area contributed by atoms with Gasteiger partial charge in [0.25, 0.3) is 0 Å². The quantitative estimate of drug-likeness (QED) is 0.832. The van der Waals surface area contributed by atoms with Gasteiger partial charge < -0.3 is 4.74 Å². The van der Waals surface area contributed by atoms with Crippen LogP contribution in [0.2, 0.25) is 0 Å². The van der Waals surface area contributed by atoms with Gasteiger partial charge in [0, 0.05) is 19.5 Å². The van der Waals surface area contributed by atoms with Gasteiger partial charge in [-0.15, -0.1) is 0 Å².